The number of primary sulfonamides is 1. The number of nitrogens with two attached hydrogens (primary N) is 1. The number of nitrogens with one attached hydrogen (secondary N) is 1. The Hall–Kier alpha value is -2.58. The van der Waals surface area contributed by atoms with Crippen LogP contribution in [0.4, 0.5) is 5.69 Å². The number of nitrogens with zero attached hydrogens (tertiary/aromatic N) is 1. The quantitative estimate of drug-likeness (QED) is 0.383. The van der Waals surface area contributed by atoms with Gasteiger partial charge in [0, 0.05) is 5.56 Å². The first-order valence-corrected chi connectivity index (χ1v) is 7.35. The zero-order valence-electron chi connectivity index (χ0n) is 10.8. The van der Waals surface area contributed by atoms with Crippen molar-refractivity contribution < 1.29 is 18.6 Å². The molecule has 0 aromatic heterocycles. The van der Waals surface area contributed by atoms with Crippen LogP contribution < -0.4 is 10.6 Å². The van der Waals surface area contributed by atoms with Crippen LogP contribution in [0.2, 0.25) is 0 Å². The van der Waals surface area contributed by atoms with E-state index in [0.717, 1.165) is 0 Å². The van der Waals surface area contributed by atoms with Crippen LogP contribution >= 0.6 is 0 Å². The van der Waals surface area contributed by atoms with E-state index in [-0.39, 0.29) is 16.4 Å². The van der Waals surface area contributed by atoms with Gasteiger partial charge in [-0.25, -0.2) is 13.6 Å². The average molecular weight is 307 g/mol. The third-order valence-electron chi connectivity index (χ3n) is 2.63. The van der Waals surface area contributed by atoms with Gasteiger partial charge in [-0.15, -0.1) is 0 Å². The molecule has 2 aromatic rings. The van der Waals surface area contributed by atoms with Gasteiger partial charge in [0.25, 0.3) is 0 Å². The summed E-state index contributed by atoms with van der Waals surface area (Å²) >= 11 is 0. The predicted octanol–water partition coefficient (Wildman–Crippen LogP) is 1.19. The lowest BCUT2D eigenvalue weighted by Crippen LogP contribution is -2.11. The van der Waals surface area contributed by atoms with Gasteiger partial charge in [0.2, 0.25) is 10.0 Å². The second-order valence-corrected chi connectivity index (χ2v) is 5.72. The van der Waals surface area contributed by atoms with Gasteiger partial charge in [0.1, 0.15) is 0 Å². The molecular formula is C13H13N3O4S. The Balaban J connectivity index is 2.09. The molecule has 0 radical (unpaired) electrons. The van der Waals surface area contributed by atoms with Gasteiger partial charge in [-0.05, 0) is 36.4 Å². The Kier molecular flexibility index (Phi) is 4.10. The summed E-state index contributed by atoms with van der Waals surface area (Å²) in [6.07, 6.45) is 1.32. The molecule has 0 amide bonds. The Morgan fingerprint density at radius 2 is 1.76 bits per heavy atom. The summed E-state index contributed by atoms with van der Waals surface area (Å²) in [6.45, 7) is 0. The van der Waals surface area contributed by atoms with Gasteiger partial charge in [-0.2, -0.15) is 5.10 Å². The minimum absolute atomic E-state index is 0.00246. The van der Waals surface area contributed by atoms with Crippen molar-refractivity contribution >= 4 is 21.9 Å². The molecule has 21 heavy (non-hydrogen) atoms. The molecule has 0 spiro atoms. The SMILES string of the molecule is NS(=O)(=O)c1ccc(N/N=C/c2cccc(O)c2O)cc1. The highest BCUT2D eigenvalue weighted by Crippen LogP contribution is 2.26. The van der Waals surface area contributed by atoms with Crippen molar-refractivity contribution in [3.05, 3.63) is 48.0 Å². The van der Waals surface area contributed by atoms with Gasteiger partial charge in [0.15, 0.2) is 11.5 Å². The molecule has 0 atom stereocenters. The Bertz CT molecular complexity index is 771. The van der Waals surface area contributed by atoms with Crippen molar-refractivity contribution in [2.24, 2.45) is 10.2 Å². The van der Waals surface area contributed by atoms with Crippen LogP contribution in [0.3, 0.4) is 0 Å². The van der Waals surface area contributed by atoms with E-state index in [9.17, 15) is 18.6 Å². The Morgan fingerprint density at radius 3 is 2.38 bits per heavy atom. The third kappa shape index (κ3) is 3.71. The largest absolute Gasteiger partial charge is 0.504 e. The lowest BCUT2D eigenvalue weighted by atomic mass is 10.2. The minimum Gasteiger partial charge on any atom is -0.504 e. The van der Waals surface area contributed by atoms with E-state index >= 15 is 0 Å². The van der Waals surface area contributed by atoms with E-state index in [2.05, 4.69) is 10.5 Å². The van der Waals surface area contributed by atoms with Crippen molar-refractivity contribution in [3.63, 3.8) is 0 Å². The van der Waals surface area contributed by atoms with E-state index in [1.165, 1.54) is 36.5 Å². The van der Waals surface area contributed by atoms with Gasteiger partial charge in [-0.3, -0.25) is 5.43 Å². The van der Waals surface area contributed by atoms with Crippen molar-refractivity contribution in [3.8, 4) is 11.5 Å². The molecule has 0 aliphatic rings. The van der Waals surface area contributed by atoms with Gasteiger partial charge in [-0.1, -0.05) is 6.07 Å². The fourth-order valence-corrected chi connectivity index (χ4v) is 2.06. The number of phenols is 2. The zero-order chi connectivity index (χ0) is 15.5. The number of aromatic hydroxyl groups is 2. The molecule has 0 fully saturated rings. The second-order valence-electron chi connectivity index (χ2n) is 4.15. The number of hydrazone groups is 1. The number of hydrogen-bond acceptors (Lipinski definition) is 6. The molecule has 0 saturated heterocycles. The summed E-state index contributed by atoms with van der Waals surface area (Å²) in [4.78, 5) is 0.00246. The van der Waals surface area contributed by atoms with Crippen molar-refractivity contribution in [2.45, 2.75) is 4.90 Å². The third-order valence-corrected chi connectivity index (χ3v) is 3.56. The highest BCUT2D eigenvalue weighted by atomic mass is 32.2. The van der Waals surface area contributed by atoms with Crippen LogP contribution in [0, 0.1) is 0 Å². The zero-order valence-corrected chi connectivity index (χ0v) is 11.6. The molecule has 0 bridgehead atoms. The lowest BCUT2D eigenvalue weighted by Gasteiger charge is -2.03. The molecule has 8 heteroatoms. The highest BCUT2D eigenvalue weighted by Gasteiger charge is 2.06. The highest BCUT2D eigenvalue weighted by molar-refractivity contribution is 7.89. The lowest BCUT2D eigenvalue weighted by molar-refractivity contribution is 0.403. The first-order chi connectivity index (χ1) is 9.88. The summed E-state index contributed by atoms with van der Waals surface area (Å²) in [6, 6.07) is 10.2. The molecule has 0 heterocycles. The molecule has 0 unspecified atom stereocenters. The van der Waals surface area contributed by atoms with Crippen molar-refractivity contribution in [1.29, 1.82) is 0 Å². The molecule has 0 aliphatic carbocycles. The maximum absolute atomic E-state index is 11.1. The number of hydrogen-bond donors (Lipinski definition) is 4. The summed E-state index contributed by atoms with van der Waals surface area (Å²) in [5, 5.41) is 27.8. The maximum atomic E-state index is 11.1. The first kappa shape index (κ1) is 14.8. The normalized spacial score (nSPS) is 11.7. The fraction of sp³-hybridized carbons (Fsp3) is 0. The molecule has 0 saturated carbocycles. The van der Waals surface area contributed by atoms with Crippen LogP contribution in [-0.4, -0.2) is 24.8 Å². The summed E-state index contributed by atoms with van der Waals surface area (Å²) in [5.41, 5.74) is 3.54. The number of anilines is 1. The van der Waals surface area contributed by atoms with Gasteiger partial charge in [0.05, 0.1) is 16.8 Å². The monoisotopic (exact) mass is 307 g/mol. The average Bonchev–Trinajstić information content (AvgIpc) is 2.43. The van der Waals surface area contributed by atoms with Crippen LogP contribution in [0.15, 0.2) is 52.5 Å². The van der Waals surface area contributed by atoms with Crippen molar-refractivity contribution in [1.82, 2.24) is 0 Å². The Labute approximate surface area is 121 Å². The molecule has 0 aliphatic heterocycles. The topological polar surface area (TPSA) is 125 Å². The fourth-order valence-electron chi connectivity index (χ4n) is 1.55. The number of benzene rings is 2. The molecular weight excluding hydrogens is 294 g/mol. The molecule has 2 rings (SSSR count). The van der Waals surface area contributed by atoms with Crippen molar-refractivity contribution in [2.75, 3.05) is 5.43 Å². The van der Waals surface area contributed by atoms with Gasteiger partial charge < -0.3 is 10.2 Å². The first-order valence-electron chi connectivity index (χ1n) is 5.81. The summed E-state index contributed by atoms with van der Waals surface area (Å²) in [7, 11) is -3.72. The standard InChI is InChI=1S/C13H13N3O4S/c14-21(19,20)11-6-4-10(5-7-11)16-15-8-9-2-1-3-12(17)13(9)18/h1-8,16-18H,(H2,14,19,20)/b15-8+. The number of para-hydroxylation sites is 1. The van der Waals surface area contributed by atoms with E-state index in [4.69, 9.17) is 5.14 Å². The minimum atomic E-state index is -3.72. The van der Waals surface area contributed by atoms with Crippen LogP contribution in [-0.2, 0) is 10.0 Å². The summed E-state index contributed by atoms with van der Waals surface area (Å²) in [5.74, 6) is -0.510. The van der Waals surface area contributed by atoms with E-state index < -0.39 is 10.0 Å². The molecule has 110 valence electrons. The molecule has 5 N–H and O–H groups in total. The smallest absolute Gasteiger partial charge is 0.238 e. The van der Waals surface area contributed by atoms with E-state index in [0.29, 0.717) is 11.3 Å². The molecule has 2 aromatic carbocycles. The van der Waals surface area contributed by atoms with E-state index in [1.54, 1.807) is 12.1 Å². The number of sulfonamides is 1. The predicted molar refractivity (Wildman–Crippen MR) is 78.8 cm³/mol. The summed E-state index contributed by atoms with van der Waals surface area (Å²) < 4.78 is 22.2. The number of phenolic OH excluding ortho intramolecular Hbond substituents is 2. The molecule has 7 nitrogen and oxygen atoms in total. The maximum Gasteiger partial charge on any atom is 0.238 e. The Morgan fingerprint density at radius 1 is 1.10 bits per heavy atom. The van der Waals surface area contributed by atoms with Crippen LogP contribution in [0.5, 0.6) is 11.5 Å². The number of rotatable bonds is 4. The second kappa shape index (κ2) is 5.81. The van der Waals surface area contributed by atoms with Crippen LogP contribution in [0.25, 0.3) is 0 Å². The van der Waals surface area contributed by atoms with Crippen LogP contribution in [0.1, 0.15) is 5.56 Å². The van der Waals surface area contributed by atoms with E-state index in [1.807, 2.05) is 0 Å². The van der Waals surface area contributed by atoms with Gasteiger partial charge >= 0.3 is 0 Å².